The third-order valence-electron chi connectivity index (χ3n) is 16.6. The molecule has 0 spiro atoms. The van der Waals surface area contributed by atoms with Gasteiger partial charge in [-0.15, -0.1) is 11.3 Å². The maximum Gasteiger partial charge on any atom is 0.237 e. The number of benzene rings is 12. The molecule has 0 atom stereocenters. The van der Waals surface area contributed by atoms with Crippen molar-refractivity contribution in [2.75, 3.05) is 0 Å². The van der Waals surface area contributed by atoms with Crippen molar-refractivity contribution in [1.82, 2.24) is 18.3 Å². The number of para-hydroxylation sites is 5. The molecule has 0 amide bonds. The lowest BCUT2D eigenvalue weighted by Crippen LogP contribution is -2.14. The van der Waals surface area contributed by atoms with Crippen LogP contribution >= 0.6 is 11.3 Å². The minimum Gasteiger partial charge on any atom is -0.454 e. The van der Waals surface area contributed by atoms with Crippen molar-refractivity contribution in [1.29, 1.82) is 5.26 Å². The van der Waals surface area contributed by atoms with Gasteiger partial charge in [-0.2, -0.15) is 5.26 Å². The van der Waals surface area contributed by atoms with Crippen LogP contribution in [0.25, 0.3) is 168 Å². The van der Waals surface area contributed by atoms with Gasteiger partial charge in [0, 0.05) is 73.4 Å². The Morgan fingerprint density at radius 1 is 0.470 bits per heavy atom. The molecule has 0 aliphatic heterocycles. The van der Waals surface area contributed by atoms with E-state index in [2.05, 4.69) is 70.1 Å². The van der Waals surface area contributed by atoms with E-state index in [0.29, 0.717) is 33.3 Å². The Morgan fingerprint density at radius 2 is 1.07 bits per heavy atom. The summed E-state index contributed by atoms with van der Waals surface area (Å²) in [6, 6.07) is 56.6. The first-order valence-electron chi connectivity index (χ1n) is 32.9. The molecule has 7 nitrogen and oxygen atoms in total. The molecule has 6 heterocycles. The van der Waals surface area contributed by atoms with Crippen LogP contribution in [0.4, 0.5) is 5.69 Å². The Hall–Kier alpha value is -11.2. The number of nitrogens with zero attached hydrogens (tertiary/aromatic N) is 6. The molecule has 384 valence electrons. The first kappa shape index (κ1) is 35.5. The van der Waals surface area contributed by atoms with Crippen LogP contribution in [0.3, 0.4) is 0 Å². The summed E-state index contributed by atoms with van der Waals surface area (Å²) in [4.78, 5) is 4.66. The van der Waals surface area contributed by atoms with Crippen LogP contribution in [0, 0.1) is 24.8 Å². The number of aromatic nitrogens is 4. The molecule has 6 aromatic heterocycles. The molecule has 0 bridgehead atoms. The van der Waals surface area contributed by atoms with Gasteiger partial charge in [0.15, 0.2) is 5.58 Å². The quantitative estimate of drug-likeness (QED) is 0.161. The molecule has 0 unspecified atom stereocenters. The summed E-state index contributed by atoms with van der Waals surface area (Å²) in [7, 11) is 0. The summed E-state index contributed by atoms with van der Waals surface area (Å²) in [6.07, 6.45) is 0. The van der Waals surface area contributed by atoms with Crippen LogP contribution in [-0.4, -0.2) is 18.3 Å². The SMILES string of the molecule is [2H]c1c([2H])c([2H])c2c(oc3c2c([2H])c([2H])c2c4c([2H])c(C([2H])([2H])[2H])c([2H])c([2H])c4n(-c4c(C#N)c(-n5c6ccccc6c6ccccc65)c(-n5c6ccc(-c7ccccc7)cc6c6ccc7c8ccccc8sc7c65)c(-n5c6ccccc6c6ccccc65)c4[N+]#[C-])c32)c1[2H]. The number of hydrogen-bond donors (Lipinski definition) is 0. The molecule has 83 heavy (non-hydrogen) atoms. The van der Waals surface area contributed by atoms with Crippen LogP contribution in [-0.2, 0) is 0 Å². The van der Waals surface area contributed by atoms with Gasteiger partial charge >= 0.3 is 0 Å². The van der Waals surface area contributed by atoms with Gasteiger partial charge in [-0.05, 0) is 84.6 Å². The number of hydrogen-bond acceptors (Lipinski definition) is 3. The summed E-state index contributed by atoms with van der Waals surface area (Å²) in [5.74, 6) is 0. The topological polar surface area (TPSA) is 61.0 Å². The molecular formula is C75H42N6OS. The highest BCUT2D eigenvalue weighted by Gasteiger charge is 2.36. The monoisotopic (exact) mass is 1090 g/mol. The maximum atomic E-state index is 13.1. The highest BCUT2D eigenvalue weighted by atomic mass is 32.1. The standard InChI is InChI=1S/C75H42N6OS/c1-43-32-38-63-56(40-43)52-34-36-54-50-24-10-16-30-65(50)82-74(54)70(52)80(63)68-58(42-76)69(78-59-26-12-6-20-46(59)47-21-7-13-27-60(47)78)73(72(67(68)77-2)79-61-28-14-8-22-48(61)49-23-9-15-29-62(49)79)81-64-39-33-45(44-18-4-3-5-19-44)41-57(64)53-35-37-55-51-25-11-17-31-66(51)83-75(55)71(53)81/h3-41H,1H3/i1D3,10D,16D,24D,30D,32D,34D,36D,38D,40D. The minimum absolute atomic E-state index is 0.201. The lowest BCUT2D eigenvalue weighted by Gasteiger charge is -2.27. The van der Waals surface area contributed by atoms with Crippen LogP contribution in [0.2, 0.25) is 0 Å². The highest BCUT2D eigenvalue weighted by Crippen LogP contribution is 2.54. The summed E-state index contributed by atoms with van der Waals surface area (Å²) in [5, 5.41) is 18.8. The first-order valence-corrected chi connectivity index (χ1v) is 27.7. The van der Waals surface area contributed by atoms with Crippen molar-refractivity contribution in [2.45, 2.75) is 6.85 Å². The van der Waals surface area contributed by atoms with Gasteiger partial charge in [0.25, 0.3) is 0 Å². The fraction of sp³-hybridized carbons (Fsp3) is 0.0133. The van der Waals surface area contributed by atoms with E-state index in [0.717, 1.165) is 69.1 Å². The fourth-order valence-electron chi connectivity index (χ4n) is 13.3. The summed E-state index contributed by atoms with van der Waals surface area (Å²) < 4.78 is 129. The molecule has 0 aliphatic carbocycles. The molecule has 0 saturated heterocycles. The van der Waals surface area contributed by atoms with Crippen LogP contribution in [0.5, 0.6) is 0 Å². The Labute approximate surface area is 494 Å². The van der Waals surface area contributed by atoms with E-state index >= 15 is 0 Å². The van der Waals surface area contributed by atoms with Crippen LogP contribution < -0.4 is 0 Å². The van der Waals surface area contributed by atoms with Crippen LogP contribution in [0.1, 0.15) is 27.6 Å². The average Bonchev–Trinajstić information content (AvgIpc) is 1.54. The van der Waals surface area contributed by atoms with E-state index in [1.807, 2.05) is 137 Å². The highest BCUT2D eigenvalue weighted by molar-refractivity contribution is 7.26. The zero-order valence-electron chi connectivity index (χ0n) is 55.3. The third kappa shape index (κ3) is 6.09. The van der Waals surface area contributed by atoms with E-state index in [9.17, 15) is 21.4 Å². The zero-order valence-corrected chi connectivity index (χ0v) is 44.1. The fourth-order valence-corrected chi connectivity index (χ4v) is 14.5. The molecule has 18 aromatic rings. The molecule has 0 saturated carbocycles. The minimum atomic E-state index is -3.18. The third-order valence-corrected chi connectivity index (χ3v) is 17.8. The van der Waals surface area contributed by atoms with Gasteiger partial charge in [-0.3, -0.25) is 0 Å². The Balaban J connectivity index is 1.19. The van der Waals surface area contributed by atoms with Crippen molar-refractivity contribution in [3.63, 3.8) is 0 Å². The van der Waals surface area contributed by atoms with Crippen molar-refractivity contribution in [3.05, 3.63) is 259 Å². The maximum absolute atomic E-state index is 13.1. The number of nitriles is 1. The van der Waals surface area contributed by atoms with Gasteiger partial charge in [0.05, 0.1) is 96.1 Å². The molecule has 0 fully saturated rings. The number of thiophene rings is 1. The van der Waals surface area contributed by atoms with Crippen molar-refractivity contribution in [2.24, 2.45) is 0 Å². The Kier molecular flexibility index (Phi) is 7.23. The summed E-state index contributed by atoms with van der Waals surface area (Å²) in [6.45, 7) is 6.92. The molecule has 18 rings (SSSR count). The Morgan fingerprint density at radius 3 is 1.76 bits per heavy atom. The molecule has 0 N–H and O–H groups in total. The predicted octanol–water partition coefficient (Wildman–Crippen LogP) is 20.7. The molecule has 8 heteroatoms. The van der Waals surface area contributed by atoms with Gasteiger partial charge in [0.2, 0.25) is 5.69 Å². The number of rotatable bonds is 5. The molecular weight excluding hydrogens is 1030 g/mol. The normalized spacial score (nSPS) is 14.3. The van der Waals surface area contributed by atoms with Gasteiger partial charge < -0.3 is 22.7 Å². The summed E-state index contributed by atoms with van der Waals surface area (Å²) in [5.41, 5.74) is 3.87. The largest absolute Gasteiger partial charge is 0.454 e. The van der Waals surface area contributed by atoms with E-state index < -0.39 is 72.4 Å². The van der Waals surface area contributed by atoms with E-state index in [-0.39, 0.29) is 66.5 Å². The first-order chi connectivity index (χ1) is 46.0. The zero-order chi connectivity index (χ0) is 65.1. The second-order valence-electron chi connectivity index (χ2n) is 20.7. The summed E-state index contributed by atoms with van der Waals surface area (Å²) >= 11 is 1.62. The Bertz CT molecular complexity index is 6410. The van der Waals surface area contributed by atoms with Crippen molar-refractivity contribution < 1.29 is 20.9 Å². The number of furan rings is 1. The second-order valence-corrected chi connectivity index (χ2v) is 21.8. The molecule has 12 aromatic carbocycles. The van der Waals surface area contributed by atoms with Crippen molar-refractivity contribution >= 4 is 146 Å². The van der Waals surface area contributed by atoms with Gasteiger partial charge in [-0.1, -0.05) is 175 Å². The predicted molar refractivity (Wildman–Crippen MR) is 345 cm³/mol. The van der Waals surface area contributed by atoms with Crippen LogP contribution in [0.15, 0.2) is 241 Å². The molecule has 0 aliphatic rings. The van der Waals surface area contributed by atoms with Gasteiger partial charge in [0.1, 0.15) is 11.7 Å². The van der Waals surface area contributed by atoms with Crippen molar-refractivity contribution in [3.8, 4) is 39.9 Å². The van der Waals surface area contributed by atoms with E-state index in [1.54, 1.807) is 11.3 Å². The average molecular weight is 1090 g/mol. The lowest BCUT2D eigenvalue weighted by atomic mass is 10.0. The van der Waals surface area contributed by atoms with E-state index in [1.165, 1.54) is 4.57 Å². The van der Waals surface area contributed by atoms with E-state index in [4.69, 9.17) is 11.3 Å². The second kappa shape index (κ2) is 16.9. The van der Waals surface area contributed by atoms with Gasteiger partial charge in [-0.25, -0.2) is 4.85 Å². The molecule has 0 radical (unpaired) electrons. The lowest BCUT2D eigenvalue weighted by molar-refractivity contribution is 0.671. The smallest absolute Gasteiger partial charge is 0.237 e. The number of fused-ring (bicyclic) bond motifs is 20.